The first-order valence-electron chi connectivity index (χ1n) is 6.54. The van der Waals surface area contributed by atoms with E-state index in [0.29, 0.717) is 29.7 Å². The fourth-order valence-electron chi connectivity index (χ4n) is 2.20. The molecule has 0 spiro atoms. The lowest BCUT2D eigenvalue weighted by molar-refractivity contribution is 0.1000. The van der Waals surface area contributed by atoms with Gasteiger partial charge in [0.15, 0.2) is 0 Å². The number of hydrogen-bond acceptors (Lipinski definition) is 5. The number of primary amides is 1. The molecule has 0 radical (unpaired) electrons. The minimum absolute atomic E-state index is 0.255. The van der Waals surface area contributed by atoms with E-state index in [2.05, 4.69) is 10.3 Å². The number of hydrogen-bond donors (Lipinski definition) is 4. The molecule has 6 N–H and O–H groups in total. The Hall–Kier alpha value is -2.97. The van der Waals surface area contributed by atoms with Gasteiger partial charge in [0, 0.05) is 18.7 Å². The first-order valence-corrected chi connectivity index (χ1v) is 6.54. The zero-order chi connectivity index (χ0) is 16.3. The third kappa shape index (κ3) is 3.03. The summed E-state index contributed by atoms with van der Waals surface area (Å²) in [6.45, 7) is 0.741. The van der Waals surface area contributed by atoms with Crippen molar-refractivity contribution in [1.29, 1.82) is 0 Å². The number of carbonyl (C=O) groups excluding carboxylic acids is 1. The van der Waals surface area contributed by atoms with Gasteiger partial charge >= 0.3 is 6.09 Å². The van der Waals surface area contributed by atoms with Gasteiger partial charge in [0.1, 0.15) is 11.3 Å². The highest BCUT2D eigenvalue weighted by Crippen LogP contribution is 2.29. The van der Waals surface area contributed by atoms with E-state index in [1.807, 2.05) is 0 Å². The Kier molecular flexibility index (Phi) is 4.35. The lowest BCUT2D eigenvalue weighted by Gasteiger charge is -2.10. The number of imidazole rings is 1. The number of nitrogens with one attached hydrogen (secondary N) is 1. The number of aromatic nitrogens is 2. The van der Waals surface area contributed by atoms with Crippen LogP contribution in [0.1, 0.15) is 16.8 Å². The zero-order valence-electron chi connectivity index (χ0n) is 12.0. The quantitative estimate of drug-likeness (QED) is 0.568. The molecule has 2 rings (SSSR count). The predicted octanol–water partition coefficient (Wildman–Crippen LogP) is 0.384. The molecule has 0 fully saturated rings. The van der Waals surface area contributed by atoms with Crippen molar-refractivity contribution in [3.05, 3.63) is 17.7 Å². The summed E-state index contributed by atoms with van der Waals surface area (Å²) in [6.07, 6.45) is -0.546. The van der Waals surface area contributed by atoms with Crippen LogP contribution in [0.25, 0.3) is 11.0 Å². The summed E-state index contributed by atoms with van der Waals surface area (Å²) in [5, 5.41) is 10.8. The van der Waals surface area contributed by atoms with Gasteiger partial charge in [0.25, 0.3) is 0 Å². The highest BCUT2D eigenvalue weighted by atomic mass is 16.5. The molecular weight excluding hydrogens is 290 g/mol. The molecule has 9 heteroatoms. The van der Waals surface area contributed by atoms with E-state index in [1.54, 1.807) is 10.6 Å². The molecule has 0 saturated heterocycles. The van der Waals surface area contributed by atoms with Gasteiger partial charge in [0.2, 0.25) is 11.9 Å². The second-order valence-electron chi connectivity index (χ2n) is 4.62. The van der Waals surface area contributed by atoms with E-state index < -0.39 is 12.0 Å². The maximum atomic E-state index is 11.3. The van der Waals surface area contributed by atoms with Gasteiger partial charge in [-0.1, -0.05) is 0 Å². The van der Waals surface area contributed by atoms with Crippen molar-refractivity contribution in [2.45, 2.75) is 13.0 Å². The van der Waals surface area contributed by atoms with Crippen LogP contribution in [0.3, 0.4) is 0 Å². The lowest BCUT2D eigenvalue weighted by Crippen LogP contribution is -2.23. The molecule has 22 heavy (non-hydrogen) atoms. The highest BCUT2D eigenvalue weighted by molar-refractivity contribution is 5.98. The molecule has 1 heterocycles. The number of amides is 2. The summed E-state index contributed by atoms with van der Waals surface area (Å²) < 4.78 is 6.99. The van der Waals surface area contributed by atoms with Crippen LogP contribution in [0.4, 0.5) is 10.7 Å². The molecule has 2 amide bonds. The second-order valence-corrected chi connectivity index (χ2v) is 4.62. The molecule has 9 nitrogen and oxygen atoms in total. The van der Waals surface area contributed by atoms with Gasteiger partial charge < -0.3 is 31.2 Å². The van der Waals surface area contributed by atoms with Crippen LogP contribution in [-0.2, 0) is 6.54 Å². The Balaban J connectivity index is 2.36. The maximum absolute atomic E-state index is 11.3. The van der Waals surface area contributed by atoms with E-state index in [-0.39, 0.29) is 18.1 Å². The minimum atomic E-state index is -1.08. The number of nitrogens with two attached hydrogens (primary N) is 2. The first kappa shape index (κ1) is 15.4. The van der Waals surface area contributed by atoms with Crippen LogP contribution in [-0.4, -0.2) is 40.3 Å². The maximum Gasteiger partial charge on any atom is 0.404 e. The number of aryl methyl sites for hydroxylation is 1. The van der Waals surface area contributed by atoms with Crippen molar-refractivity contribution in [3.63, 3.8) is 0 Å². The third-order valence-corrected chi connectivity index (χ3v) is 3.18. The molecule has 0 atom stereocenters. The number of nitrogens with zero attached hydrogens (tertiary/aromatic N) is 2. The number of ether oxygens (including phenoxy) is 1. The Labute approximate surface area is 125 Å². The summed E-state index contributed by atoms with van der Waals surface area (Å²) in [6, 6.07) is 3.07. The van der Waals surface area contributed by atoms with E-state index in [9.17, 15) is 9.59 Å². The second kappa shape index (κ2) is 6.20. The lowest BCUT2D eigenvalue weighted by atomic mass is 10.1. The van der Waals surface area contributed by atoms with Crippen molar-refractivity contribution in [3.8, 4) is 5.75 Å². The number of carboxylic acid groups (broad SMARTS) is 1. The number of benzene rings is 1. The van der Waals surface area contributed by atoms with Crippen LogP contribution >= 0.6 is 0 Å². The first-order chi connectivity index (χ1) is 10.4. The monoisotopic (exact) mass is 307 g/mol. The minimum Gasteiger partial charge on any atom is -0.494 e. The van der Waals surface area contributed by atoms with Gasteiger partial charge in [-0.2, -0.15) is 0 Å². The van der Waals surface area contributed by atoms with Crippen LogP contribution < -0.4 is 21.5 Å². The fraction of sp³-hybridized carbons (Fsp3) is 0.308. The molecule has 0 unspecified atom stereocenters. The number of methoxy groups -OCH3 is 1. The van der Waals surface area contributed by atoms with Gasteiger partial charge in [-0.15, -0.1) is 0 Å². The van der Waals surface area contributed by atoms with Crippen molar-refractivity contribution in [2.75, 3.05) is 19.4 Å². The standard InChI is InChI=1S/C13H17N5O4/c1-22-9-6-7(11(14)19)5-8-10(9)18(12(15)17-8)4-2-3-16-13(20)21/h5-6,16H,2-4H2,1H3,(H2,14,19)(H2,15,17)(H,20,21). The van der Waals surface area contributed by atoms with Crippen molar-refractivity contribution in [1.82, 2.24) is 14.9 Å². The van der Waals surface area contributed by atoms with Gasteiger partial charge in [-0.25, -0.2) is 9.78 Å². The Morgan fingerprint density at radius 2 is 2.18 bits per heavy atom. The van der Waals surface area contributed by atoms with E-state index in [4.69, 9.17) is 21.3 Å². The molecule has 0 aliphatic heterocycles. The topological polar surface area (TPSA) is 145 Å². The number of fused-ring (bicyclic) bond motifs is 1. The van der Waals surface area contributed by atoms with Crippen molar-refractivity contribution >= 4 is 29.0 Å². The fourth-order valence-corrected chi connectivity index (χ4v) is 2.20. The smallest absolute Gasteiger partial charge is 0.404 e. The van der Waals surface area contributed by atoms with Gasteiger partial charge in [0.05, 0.1) is 12.6 Å². The van der Waals surface area contributed by atoms with Crippen molar-refractivity contribution < 1.29 is 19.4 Å². The molecule has 0 aliphatic rings. The molecular formula is C13H17N5O4. The Morgan fingerprint density at radius 1 is 1.45 bits per heavy atom. The number of nitrogen functional groups attached to an aromatic ring is 1. The highest BCUT2D eigenvalue weighted by Gasteiger charge is 2.16. The van der Waals surface area contributed by atoms with Crippen molar-refractivity contribution in [2.24, 2.45) is 5.73 Å². The Morgan fingerprint density at radius 3 is 2.77 bits per heavy atom. The molecule has 0 aliphatic carbocycles. The average molecular weight is 307 g/mol. The largest absolute Gasteiger partial charge is 0.494 e. The van der Waals surface area contributed by atoms with Crippen LogP contribution in [0.2, 0.25) is 0 Å². The van der Waals surface area contributed by atoms with E-state index in [0.717, 1.165) is 0 Å². The molecule has 1 aromatic carbocycles. The Bertz CT molecular complexity index is 725. The summed E-state index contributed by atoms with van der Waals surface area (Å²) in [7, 11) is 1.47. The van der Waals surface area contributed by atoms with Gasteiger partial charge in [-0.05, 0) is 18.6 Å². The van der Waals surface area contributed by atoms with Crippen LogP contribution in [0.5, 0.6) is 5.75 Å². The summed E-state index contributed by atoms with van der Waals surface area (Å²) in [4.78, 5) is 25.9. The van der Waals surface area contributed by atoms with Crippen LogP contribution in [0.15, 0.2) is 12.1 Å². The number of rotatable bonds is 6. The third-order valence-electron chi connectivity index (χ3n) is 3.18. The molecule has 2 aromatic rings. The van der Waals surface area contributed by atoms with Crippen LogP contribution in [0, 0.1) is 0 Å². The summed E-state index contributed by atoms with van der Waals surface area (Å²) >= 11 is 0. The molecule has 118 valence electrons. The average Bonchev–Trinajstić information content (AvgIpc) is 2.78. The molecule has 1 aromatic heterocycles. The molecule has 0 saturated carbocycles. The molecule has 0 bridgehead atoms. The van der Waals surface area contributed by atoms with E-state index >= 15 is 0 Å². The zero-order valence-corrected chi connectivity index (χ0v) is 12.0. The predicted molar refractivity (Wildman–Crippen MR) is 79.9 cm³/mol. The number of carbonyl (C=O) groups is 2. The summed E-state index contributed by atoms with van der Waals surface area (Å²) in [5.74, 6) is 0.103. The normalized spacial score (nSPS) is 10.6. The number of anilines is 1. The summed E-state index contributed by atoms with van der Waals surface area (Å²) in [5.41, 5.74) is 12.6. The SMILES string of the molecule is COc1cc(C(N)=O)cc2nc(N)n(CCCNC(=O)O)c12. The van der Waals surface area contributed by atoms with E-state index in [1.165, 1.54) is 13.2 Å². The van der Waals surface area contributed by atoms with Gasteiger partial charge in [-0.3, -0.25) is 4.79 Å².